The van der Waals surface area contributed by atoms with E-state index >= 15 is 0 Å². The molecule has 0 bridgehead atoms. The van der Waals surface area contributed by atoms with Crippen LogP contribution in [0.25, 0.3) is 0 Å². The number of aryl methyl sites for hydroxylation is 1. The summed E-state index contributed by atoms with van der Waals surface area (Å²) >= 11 is 3.40. The molecule has 8 heteroatoms. The van der Waals surface area contributed by atoms with Gasteiger partial charge in [-0.3, -0.25) is 4.68 Å². The maximum absolute atomic E-state index is 5.68. The molecule has 1 aromatic heterocycles. The van der Waals surface area contributed by atoms with E-state index in [0.29, 0.717) is 19.7 Å². The first-order valence-electron chi connectivity index (χ1n) is 7.56. The lowest BCUT2D eigenvalue weighted by Crippen LogP contribution is -2.39. The van der Waals surface area contributed by atoms with Gasteiger partial charge in [-0.1, -0.05) is 15.9 Å². The lowest BCUT2D eigenvalue weighted by Gasteiger charge is -2.12. The number of hydrogen-bond donors (Lipinski definition) is 2. The van der Waals surface area contributed by atoms with Crippen LogP contribution < -0.4 is 15.4 Å². The third-order valence-electron chi connectivity index (χ3n) is 3.14. The number of aromatic nitrogens is 2. The molecule has 1 aromatic carbocycles. The highest BCUT2D eigenvalue weighted by molar-refractivity contribution is 14.0. The van der Waals surface area contributed by atoms with Crippen LogP contribution in [-0.2, 0) is 13.6 Å². The lowest BCUT2D eigenvalue weighted by molar-refractivity contribution is 0.322. The Morgan fingerprint density at radius 3 is 2.62 bits per heavy atom. The summed E-state index contributed by atoms with van der Waals surface area (Å²) in [4.78, 5) is 4.54. The quantitative estimate of drug-likeness (QED) is 0.262. The molecular weight excluding hydrogens is 485 g/mol. The predicted octanol–water partition coefficient (Wildman–Crippen LogP) is 2.93. The molecule has 2 N–H and O–H groups in total. The number of hydrogen-bond acceptors (Lipinski definition) is 3. The number of nitrogens with zero attached hydrogens (tertiary/aromatic N) is 3. The summed E-state index contributed by atoms with van der Waals surface area (Å²) in [6.45, 7) is 4.68. The van der Waals surface area contributed by atoms with Crippen molar-refractivity contribution in [3.8, 4) is 5.75 Å². The maximum Gasteiger partial charge on any atom is 0.191 e. The zero-order valence-electron chi connectivity index (χ0n) is 13.8. The second-order valence-electron chi connectivity index (χ2n) is 4.87. The fraction of sp³-hybridized carbons (Fsp3) is 0.375. The second kappa shape index (κ2) is 11.3. The minimum Gasteiger partial charge on any atom is -0.492 e. The van der Waals surface area contributed by atoms with Crippen molar-refractivity contribution in [2.75, 3.05) is 19.7 Å². The summed E-state index contributed by atoms with van der Waals surface area (Å²) in [6.07, 6.45) is 1.78. The van der Waals surface area contributed by atoms with Gasteiger partial charge < -0.3 is 15.4 Å². The molecule has 6 nitrogen and oxygen atoms in total. The van der Waals surface area contributed by atoms with E-state index in [1.165, 1.54) is 0 Å². The Balaban J connectivity index is 0.00000288. The van der Waals surface area contributed by atoms with Gasteiger partial charge in [0.15, 0.2) is 5.96 Å². The van der Waals surface area contributed by atoms with E-state index in [1.807, 2.05) is 49.0 Å². The van der Waals surface area contributed by atoms with Gasteiger partial charge in [0.1, 0.15) is 12.4 Å². The minimum absolute atomic E-state index is 0. The smallest absolute Gasteiger partial charge is 0.191 e. The highest BCUT2D eigenvalue weighted by Gasteiger charge is 2.00. The van der Waals surface area contributed by atoms with Crippen molar-refractivity contribution in [3.63, 3.8) is 0 Å². The molecule has 0 fully saturated rings. The molecule has 0 unspecified atom stereocenters. The van der Waals surface area contributed by atoms with E-state index in [2.05, 4.69) is 36.7 Å². The average molecular weight is 508 g/mol. The second-order valence-corrected chi connectivity index (χ2v) is 5.79. The molecule has 0 aliphatic rings. The van der Waals surface area contributed by atoms with Crippen LogP contribution in [0.15, 0.2) is 46.0 Å². The molecule has 0 spiro atoms. The van der Waals surface area contributed by atoms with Crippen LogP contribution in [-0.4, -0.2) is 35.4 Å². The summed E-state index contributed by atoms with van der Waals surface area (Å²) in [5.74, 6) is 1.62. The maximum atomic E-state index is 5.68. The Hall–Kier alpha value is -1.29. The number of nitrogens with one attached hydrogen (secondary N) is 2. The van der Waals surface area contributed by atoms with Gasteiger partial charge in [-0.2, -0.15) is 5.10 Å². The summed E-state index contributed by atoms with van der Waals surface area (Å²) in [5.41, 5.74) is 1.06. The van der Waals surface area contributed by atoms with Crippen molar-refractivity contribution in [2.24, 2.45) is 12.0 Å². The van der Waals surface area contributed by atoms with Gasteiger partial charge in [-0.25, -0.2) is 4.99 Å². The lowest BCUT2D eigenvalue weighted by atomic mass is 10.3. The molecule has 0 atom stereocenters. The van der Waals surface area contributed by atoms with Crippen molar-refractivity contribution in [1.82, 2.24) is 20.4 Å². The standard InChI is InChI=1S/C16H22BrN5O.HI/c1-3-18-16(20-12-14-8-9-21-22(14)2)19-10-11-23-15-6-4-13(17)5-7-15;/h4-9H,3,10-12H2,1-2H3,(H2,18,19,20);1H. The topological polar surface area (TPSA) is 63.5 Å². The van der Waals surface area contributed by atoms with Crippen LogP contribution in [0, 0.1) is 0 Å². The van der Waals surface area contributed by atoms with Gasteiger partial charge in [-0.05, 0) is 37.3 Å². The number of guanidine groups is 1. The zero-order chi connectivity index (χ0) is 16.5. The van der Waals surface area contributed by atoms with Crippen molar-refractivity contribution >= 4 is 45.9 Å². The third kappa shape index (κ3) is 7.08. The molecule has 0 aliphatic carbocycles. The molecule has 2 rings (SSSR count). The average Bonchev–Trinajstić information content (AvgIpc) is 2.96. The summed E-state index contributed by atoms with van der Waals surface area (Å²) in [6, 6.07) is 9.76. The van der Waals surface area contributed by atoms with Crippen LogP contribution in [0.5, 0.6) is 5.75 Å². The molecule has 0 amide bonds. The number of ether oxygens (including phenoxy) is 1. The molecular formula is C16H23BrIN5O. The highest BCUT2D eigenvalue weighted by atomic mass is 127. The molecule has 2 aromatic rings. The molecule has 1 heterocycles. The Morgan fingerprint density at radius 2 is 2.00 bits per heavy atom. The van der Waals surface area contributed by atoms with E-state index in [1.54, 1.807) is 6.20 Å². The molecule has 132 valence electrons. The predicted molar refractivity (Wildman–Crippen MR) is 111 cm³/mol. The Kier molecular flexibility index (Phi) is 9.77. The zero-order valence-corrected chi connectivity index (χ0v) is 17.7. The van der Waals surface area contributed by atoms with E-state index in [-0.39, 0.29) is 24.0 Å². The molecule has 0 saturated carbocycles. The van der Waals surface area contributed by atoms with Gasteiger partial charge in [-0.15, -0.1) is 24.0 Å². The summed E-state index contributed by atoms with van der Waals surface area (Å²) in [5, 5.41) is 10.6. The van der Waals surface area contributed by atoms with Gasteiger partial charge in [0, 0.05) is 24.3 Å². The molecule has 24 heavy (non-hydrogen) atoms. The fourth-order valence-corrected chi connectivity index (χ4v) is 2.19. The number of benzene rings is 1. The van der Waals surface area contributed by atoms with Crippen LogP contribution in [0.3, 0.4) is 0 Å². The van der Waals surface area contributed by atoms with Crippen LogP contribution in [0.1, 0.15) is 12.6 Å². The first-order chi connectivity index (χ1) is 11.2. The van der Waals surface area contributed by atoms with Crippen molar-refractivity contribution in [3.05, 3.63) is 46.7 Å². The van der Waals surface area contributed by atoms with Crippen LogP contribution in [0.4, 0.5) is 0 Å². The minimum atomic E-state index is 0. The van der Waals surface area contributed by atoms with Crippen LogP contribution in [0.2, 0.25) is 0 Å². The fourth-order valence-electron chi connectivity index (χ4n) is 1.93. The first-order valence-corrected chi connectivity index (χ1v) is 8.35. The van der Waals surface area contributed by atoms with Crippen molar-refractivity contribution < 1.29 is 4.74 Å². The Morgan fingerprint density at radius 1 is 1.25 bits per heavy atom. The van der Waals surface area contributed by atoms with Crippen molar-refractivity contribution in [1.29, 1.82) is 0 Å². The Bertz CT molecular complexity index is 630. The number of halogens is 2. The largest absolute Gasteiger partial charge is 0.492 e. The highest BCUT2D eigenvalue weighted by Crippen LogP contribution is 2.15. The third-order valence-corrected chi connectivity index (χ3v) is 3.67. The normalized spacial score (nSPS) is 10.9. The van der Waals surface area contributed by atoms with E-state index in [9.17, 15) is 0 Å². The van der Waals surface area contributed by atoms with Gasteiger partial charge in [0.05, 0.1) is 18.8 Å². The van der Waals surface area contributed by atoms with Gasteiger partial charge >= 0.3 is 0 Å². The van der Waals surface area contributed by atoms with Gasteiger partial charge in [0.2, 0.25) is 0 Å². The van der Waals surface area contributed by atoms with E-state index in [0.717, 1.165) is 28.4 Å². The van der Waals surface area contributed by atoms with E-state index in [4.69, 9.17) is 4.74 Å². The first kappa shape index (κ1) is 20.8. The SMILES string of the molecule is CCNC(=NCc1ccnn1C)NCCOc1ccc(Br)cc1.I. The molecule has 0 saturated heterocycles. The number of rotatable bonds is 7. The Labute approximate surface area is 168 Å². The monoisotopic (exact) mass is 507 g/mol. The number of aliphatic imine (C=N–C) groups is 1. The summed E-state index contributed by atoms with van der Waals surface area (Å²) < 4.78 is 8.54. The van der Waals surface area contributed by atoms with Gasteiger partial charge in [0.25, 0.3) is 0 Å². The molecule has 0 aliphatic heterocycles. The van der Waals surface area contributed by atoms with Crippen molar-refractivity contribution in [2.45, 2.75) is 13.5 Å². The summed E-state index contributed by atoms with van der Waals surface area (Å²) in [7, 11) is 1.91. The molecule has 0 radical (unpaired) electrons. The van der Waals surface area contributed by atoms with E-state index < -0.39 is 0 Å². The van der Waals surface area contributed by atoms with Crippen LogP contribution >= 0.6 is 39.9 Å².